The molecule has 6 heteroatoms. The third-order valence-corrected chi connectivity index (χ3v) is 4.41. The number of hydrogen-bond donors (Lipinski definition) is 0. The molecule has 0 atom stereocenters. The first kappa shape index (κ1) is 15.8. The molecule has 4 nitrogen and oxygen atoms in total. The van der Waals surface area contributed by atoms with Crippen molar-refractivity contribution in [1.82, 2.24) is 9.88 Å². The van der Waals surface area contributed by atoms with Crippen molar-refractivity contribution in [1.29, 1.82) is 0 Å². The predicted octanol–water partition coefficient (Wildman–Crippen LogP) is 3.95. The van der Waals surface area contributed by atoms with Crippen LogP contribution in [0.25, 0.3) is 10.6 Å². The maximum absolute atomic E-state index is 12.2. The van der Waals surface area contributed by atoms with E-state index in [0.29, 0.717) is 16.5 Å². The molecule has 1 aromatic heterocycles. The van der Waals surface area contributed by atoms with Crippen LogP contribution in [0, 0.1) is 0 Å². The lowest BCUT2D eigenvalue weighted by Gasteiger charge is -2.20. The van der Waals surface area contributed by atoms with Gasteiger partial charge in [0.25, 0.3) is 5.91 Å². The smallest absolute Gasteiger partial charge is 0.273 e. The summed E-state index contributed by atoms with van der Waals surface area (Å²) in [5.74, 6) is 0.605. The molecule has 0 N–H and O–H groups in total. The summed E-state index contributed by atoms with van der Waals surface area (Å²) in [6.45, 7) is 3.93. The Kier molecular flexibility index (Phi) is 4.85. The summed E-state index contributed by atoms with van der Waals surface area (Å²) < 4.78 is 5.12. The molecule has 0 aliphatic carbocycles. The monoisotopic (exact) mass is 324 g/mol. The normalized spacial score (nSPS) is 10.8. The van der Waals surface area contributed by atoms with Crippen molar-refractivity contribution >= 4 is 28.8 Å². The molecule has 2 rings (SSSR count). The predicted molar refractivity (Wildman–Crippen MR) is 86.3 cm³/mol. The van der Waals surface area contributed by atoms with Gasteiger partial charge in [-0.1, -0.05) is 11.6 Å². The lowest BCUT2D eigenvalue weighted by atomic mass is 10.2. The van der Waals surface area contributed by atoms with Gasteiger partial charge in [-0.25, -0.2) is 4.98 Å². The highest BCUT2D eigenvalue weighted by Gasteiger charge is 2.18. The van der Waals surface area contributed by atoms with Crippen LogP contribution < -0.4 is 4.74 Å². The molecule has 21 heavy (non-hydrogen) atoms. The number of nitrogens with zero attached hydrogens (tertiary/aromatic N) is 2. The van der Waals surface area contributed by atoms with Gasteiger partial charge in [0.2, 0.25) is 0 Å². The minimum absolute atomic E-state index is 0.0860. The Bertz CT molecular complexity index is 655. The van der Waals surface area contributed by atoms with Crippen molar-refractivity contribution in [2.45, 2.75) is 19.9 Å². The number of carbonyl (C=O) groups is 1. The van der Waals surface area contributed by atoms with Gasteiger partial charge in [0.15, 0.2) is 0 Å². The van der Waals surface area contributed by atoms with Gasteiger partial charge >= 0.3 is 0 Å². The van der Waals surface area contributed by atoms with Crippen molar-refractivity contribution < 1.29 is 9.53 Å². The zero-order valence-corrected chi connectivity index (χ0v) is 14.0. The van der Waals surface area contributed by atoms with Crippen LogP contribution in [0.15, 0.2) is 23.6 Å². The van der Waals surface area contributed by atoms with Crippen LogP contribution in [0.2, 0.25) is 5.02 Å². The lowest BCUT2D eigenvalue weighted by Crippen LogP contribution is -2.33. The van der Waals surface area contributed by atoms with E-state index in [1.165, 1.54) is 11.3 Å². The van der Waals surface area contributed by atoms with Crippen molar-refractivity contribution in [2.24, 2.45) is 0 Å². The quantitative estimate of drug-likeness (QED) is 0.855. The van der Waals surface area contributed by atoms with Crippen LogP contribution in [0.3, 0.4) is 0 Å². The van der Waals surface area contributed by atoms with Gasteiger partial charge in [-0.3, -0.25) is 4.79 Å². The number of aromatic nitrogens is 1. The van der Waals surface area contributed by atoms with Gasteiger partial charge < -0.3 is 9.64 Å². The fourth-order valence-electron chi connectivity index (χ4n) is 1.71. The highest BCUT2D eigenvalue weighted by atomic mass is 35.5. The van der Waals surface area contributed by atoms with Crippen LogP contribution in [0.1, 0.15) is 24.3 Å². The number of halogens is 1. The van der Waals surface area contributed by atoms with E-state index in [2.05, 4.69) is 4.98 Å². The number of thiazole rings is 1. The summed E-state index contributed by atoms with van der Waals surface area (Å²) in [6, 6.07) is 5.54. The Labute approximate surface area is 133 Å². The molecule has 0 spiro atoms. The minimum atomic E-state index is -0.0860. The summed E-state index contributed by atoms with van der Waals surface area (Å²) in [4.78, 5) is 18.3. The number of amides is 1. The molecular formula is C15H17ClN2O2S. The Morgan fingerprint density at radius 1 is 1.43 bits per heavy atom. The number of ether oxygens (including phenoxy) is 1. The zero-order valence-electron chi connectivity index (χ0n) is 12.4. The first-order valence-electron chi connectivity index (χ1n) is 6.50. The van der Waals surface area contributed by atoms with Gasteiger partial charge in [-0.05, 0) is 32.0 Å². The topological polar surface area (TPSA) is 42.4 Å². The van der Waals surface area contributed by atoms with Gasteiger partial charge in [-0.2, -0.15) is 0 Å². The average Bonchev–Trinajstić information content (AvgIpc) is 2.94. The van der Waals surface area contributed by atoms with Gasteiger partial charge in [0, 0.05) is 24.0 Å². The van der Waals surface area contributed by atoms with Crippen molar-refractivity contribution in [3.8, 4) is 16.3 Å². The van der Waals surface area contributed by atoms with Gasteiger partial charge in [-0.15, -0.1) is 11.3 Å². The molecule has 0 aliphatic rings. The van der Waals surface area contributed by atoms with Crippen molar-refractivity contribution in [2.75, 3.05) is 14.2 Å². The third kappa shape index (κ3) is 3.36. The molecule has 0 unspecified atom stereocenters. The second-order valence-electron chi connectivity index (χ2n) is 4.89. The van der Waals surface area contributed by atoms with Crippen LogP contribution >= 0.6 is 22.9 Å². The van der Waals surface area contributed by atoms with Crippen LogP contribution in [0.4, 0.5) is 0 Å². The van der Waals surface area contributed by atoms with E-state index in [9.17, 15) is 4.79 Å². The number of methoxy groups -OCH3 is 1. The van der Waals surface area contributed by atoms with Crippen molar-refractivity contribution in [3.05, 3.63) is 34.3 Å². The van der Waals surface area contributed by atoms with Gasteiger partial charge in [0.05, 0.1) is 12.1 Å². The first-order chi connectivity index (χ1) is 9.93. The number of rotatable bonds is 4. The maximum atomic E-state index is 12.2. The van der Waals surface area contributed by atoms with E-state index in [1.807, 2.05) is 26.0 Å². The molecule has 1 aromatic carbocycles. The lowest BCUT2D eigenvalue weighted by molar-refractivity contribution is 0.0750. The number of benzene rings is 1. The molecule has 112 valence electrons. The summed E-state index contributed by atoms with van der Waals surface area (Å²) in [6.07, 6.45) is 0. The second kappa shape index (κ2) is 6.45. The molecule has 0 radical (unpaired) electrons. The molecule has 0 aliphatic heterocycles. The SMILES string of the molecule is COc1ccc(-c2nc(C(=O)N(C)C(C)C)cs2)c(Cl)c1. The average molecular weight is 325 g/mol. The number of carbonyl (C=O) groups excluding carboxylic acids is 1. The summed E-state index contributed by atoms with van der Waals surface area (Å²) >= 11 is 7.64. The van der Waals surface area contributed by atoms with E-state index in [4.69, 9.17) is 16.3 Å². The van der Waals surface area contributed by atoms with E-state index >= 15 is 0 Å². The van der Waals surface area contributed by atoms with Crippen LogP contribution in [-0.2, 0) is 0 Å². The Morgan fingerprint density at radius 2 is 2.14 bits per heavy atom. The molecule has 1 amide bonds. The highest BCUT2D eigenvalue weighted by molar-refractivity contribution is 7.13. The fourth-order valence-corrected chi connectivity index (χ4v) is 2.86. The zero-order chi connectivity index (χ0) is 15.6. The van der Waals surface area contributed by atoms with Gasteiger partial charge in [0.1, 0.15) is 16.5 Å². The highest BCUT2D eigenvalue weighted by Crippen LogP contribution is 2.33. The fraction of sp³-hybridized carbons (Fsp3) is 0.333. The Balaban J connectivity index is 2.30. The molecule has 0 saturated carbocycles. The second-order valence-corrected chi connectivity index (χ2v) is 6.16. The largest absolute Gasteiger partial charge is 0.497 e. The van der Waals surface area contributed by atoms with Crippen LogP contribution in [-0.4, -0.2) is 36.0 Å². The Morgan fingerprint density at radius 3 is 2.71 bits per heavy atom. The third-order valence-electron chi connectivity index (χ3n) is 3.22. The summed E-state index contributed by atoms with van der Waals surface area (Å²) in [5.41, 5.74) is 1.24. The Hall–Kier alpha value is -1.59. The van der Waals surface area contributed by atoms with E-state index in [-0.39, 0.29) is 11.9 Å². The molecule has 0 saturated heterocycles. The van der Waals surface area contributed by atoms with E-state index in [0.717, 1.165) is 10.6 Å². The van der Waals surface area contributed by atoms with E-state index in [1.54, 1.807) is 30.5 Å². The minimum Gasteiger partial charge on any atom is -0.497 e. The van der Waals surface area contributed by atoms with Crippen molar-refractivity contribution in [3.63, 3.8) is 0 Å². The summed E-state index contributed by atoms with van der Waals surface area (Å²) in [7, 11) is 3.36. The standard InChI is InChI=1S/C15H17ClN2O2S/c1-9(2)18(3)15(19)13-8-21-14(17-13)11-6-5-10(20-4)7-12(11)16/h5-9H,1-4H3. The number of hydrogen-bond acceptors (Lipinski definition) is 4. The van der Waals surface area contributed by atoms with Crippen LogP contribution in [0.5, 0.6) is 5.75 Å². The molecule has 0 fully saturated rings. The maximum Gasteiger partial charge on any atom is 0.273 e. The summed E-state index contributed by atoms with van der Waals surface area (Å²) in [5, 5.41) is 3.04. The molecular weight excluding hydrogens is 308 g/mol. The molecule has 1 heterocycles. The molecule has 0 bridgehead atoms. The molecule has 2 aromatic rings. The van der Waals surface area contributed by atoms with E-state index < -0.39 is 0 Å². The first-order valence-corrected chi connectivity index (χ1v) is 7.76.